The number of halogens is 2. The average molecular weight is 340 g/mol. The molecule has 7 heteroatoms. The Morgan fingerprint density at radius 2 is 2.20 bits per heavy atom. The molecule has 2 heterocycles. The Kier molecular flexibility index (Phi) is 8.03. The zero-order valence-electron chi connectivity index (χ0n) is 12.1. The van der Waals surface area contributed by atoms with Crippen molar-refractivity contribution >= 4 is 42.1 Å². The van der Waals surface area contributed by atoms with Crippen LogP contribution >= 0.6 is 36.2 Å². The van der Waals surface area contributed by atoms with Crippen molar-refractivity contribution in [3.8, 4) is 0 Å². The summed E-state index contributed by atoms with van der Waals surface area (Å²) in [5.41, 5.74) is 0.594. The molecule has 1 aliphatic rings. The second-order valence-electron chi connectivity index (χ2n) is 5.24. The van der Waals surface area contributed by atoms with E-state index in [9.17, 15) is 4.79 Å². The number of carbonyl (C=O) groups is 1. The predicted octanol–water partition coefficient (Wildman–Crippen LogP) is 3.00. The summed E-state index contributed by atoms with van der Waals surface area (Å²) in [7, 11) is 0. The lowest BCUT2D eigenvalue weighted by atomic mass is 9.90. The second kappa shape index (κ2) is 8.17. The molecule has 0 bridgehead atoms. The van der Waals surface area contributed by atoms with Crippen molar-refractivity contribution in [1.29, 1.82) is 0 Å². The van der Waals surface area contributed by atoms with Crippen LogP contribution in [-0.2, 0) is 4.79 Å². The molecule has 116 valence electrons. The van der Waals surface area contributed by atoms with Gasteiger partial charge in [-0.1, -0.05) is 0 Å². The lowest BCUT2D eigenvalue weighted by Gasteiger charge is -2.34. The first-order valence-electron chi connectivity index (χ1n) is 6.49. The highest BCUT2D eigenvalue weighted by atomic mass is 35.5. The number of rotatable bonds is 3. The zero-order valence-corrected chi connectivity index (χ0v) is 14.5. The Balaban J connectivity index is 0.00000180. The summed E-state index contributed by atoms with van der Waals surface area (Å²) in [6.07, 6.45) is 3.17. The molecule has 2 unspecified atom stereocenters. The van der Waals surface area contributed by atoms with E-state index >= 15 is 0 Å². The van der Waals surface area contributed by atoms with Gasteiger partial charge in [0.05, 0.1) is 11.6 Å². The molecule has 1 amide bonds. The largest absolute Gasteiger partial charge is 0.346 e. The maximum atomic E-state index is 12.3. The van der Waals surface area contributed by atoms with Crippen LogP contribution in [-0.4, -0.2) is 23.0 Å². The fourth-order valence-electron chi connectivity index (χ4n) is 2.24. The molecule has 0 aromatic carbocycles. The van der Waals surface area contributed by atoms with Gasteiger partial charge in [0.2, 0.25) is 5.91 Å². The van der Waals surface area contributed by atoms with Crippen LogP contribution in [0.2, 0.25) is 0 Å². The van der Waals surface area contributed by atoms with Crippen LogP contribution < -0.4 is 10.6 Å². The van der Waals surface area contributed by atoms with Gasteiger partial charge < -0.3 is 10.6 Å². The van der Waals surface area contributed by atoms with E-state index < -0.39 is 5.54 Å². The van der Waals surface area contributed by atoms with E-state index in [0.29, 0.717) is 0 Å². The number of nitrogens with one attached hydrogen (secondary N) is 2. The van der Waals surface area contributed by atoms with Gasteiger partial charge in [-0.15, -0.1) is 36.2 Å². The van der Waals surface area contributed by atoms with Crippen LogP contribution in [0.15, 0.2) is 5.38 Å². The van der Waals surface area contributed by atoms with Crippen LogP contribution in [0.3, 0.4) is 0 Å². The molecule has 4 nitrogen and oxygen atoms in total. The van der Waals surface area contributed by atoms with Gasteiger partial charge in [-0.3, -0.25) is 4.79 Å². The molecule has 1 aromatic heterocycles. The molecule has 0 saturated carbocycles. The van der Waals surface area contributed by atoms with Crippen LogP contribution in [0.5, 0.6) is 0 Å². The maximum Gasteiger partial charge on any atom is 0.240 e. The van der Waals surface area contributed by atoms with Crippen molar-refractivity contribution in [1.82, 2.24) is 15.6 Å². The Hall–Kier alpha value is -0.360. The van der Waals surface area contributed by atoms with Crippen molar-refractivity contribution in [2.24, 2.45) is 0 Å². The number of nitrogens with zero attached hydrogens (tertiary/aromatic N) is 1. The van der Waals surface area contributed by atoms with Crippen molar-refractivity contribution in [3.05, 3.63) is 16.1 Å². The molecule has 0 radical (unpaired) electrons. The van der Waals surface area contributed by atoms with Crippen molar-refractivity contribution in [2.75, 3.05) is 6.54 Å². The predicted molar refractivity (Wildman–Crippen MR) is 88.2 cm³/mol. The molecule has 20 heavy (non-hydrogen) atoms. The van der Waals surface area contributed by atoms with E-state index in [2.05, 4.69) is 15.6 Å². The summed E-state index contributed by atoms with van der Waals surface area (Å²) in [5.74, 6) is 0.0857. The molecule has 2 atom stereocenters. The first-order valence-corrected chi connectivity index (χ1v) is 7.37. The molecule has 0 aliphatic carbocycles. The first kappa shape index (κ1) is 19.6. The normalized spacial score (nSPS) is 23.1. The Bertz CT molecular complexity index is 433. The summed E-state index contributed by atoms with van der Waals surface area (Å²) < 4.78 is 0. The number of hydrogen-bond acceptors (Lipinski definition) is 4. The Morgan fingerprint density at radius 1 is 1.50 bits per heavy atom. The van der Waals surface area contributed by atoms with Crippen LogP contribution in [0.4, 0.5) is 0 Å². The number of hydrogen-bond donors (Lipinski definition) is 2. The van der Waals surface area contributed by atoms with Gasteiger partial charge in [0, 0.05) is 11.1 Å². The van der Waals surface area contributed by atoms with E-state index in [1.165, 1.54) is 0 Å². The number of carbonyl (C=O) groups excluding carboxylic acids is 1. The van der Waals surface area contributed by atoms with E-state index in [-0.39, 0.29) is 36.8 Å². The number of thiazole rings is 1. The second-order valence-corrected chi connectivity index (χ2v) is 6.13. The molecule has 2 N–H and O–H groups in total. The quantitative estimate of drug-likeness (QED) is 0.889. The van der Waals surface area contributed by atoms with Gasteiger partial charge in [0.1, 0.15) is 5.01 Å². The summed E-state index contributed by atoms with van der Waals surface area (Å²) in [6, 6.07) is -0.0169. The zero-order chi connectivity index (χ0) is 13.2. The van der Waals surface area contributed by atoms with Crippen molar-refractivity contribution in [2.45, 2.75) is 51.6 Å². The van der Waals surface area contributed by atoms with Gasteiger partial charge in [-0.05, 0) is 46.6 Å². The molecule has 1 aliphatic heterocycles. The van der Waals surface area contributed by atoms with Gasteiger partial charge in [-0.25, -0.2) is 4.98 Å². The van der Waals surface area contributed by atoms with E-state index in [1.807, 2.05) is 26.2 Å². The van der Waals surface area contributed by atoms with Crippen LogP contribution in [0, 0.1) is 6.92 Å². The Morgan fingerprint density at radius 3 is 2.70 bits per heavy atom. The number of amides is 1. The molecular weight excluding hydrogens is 317 g/mol. The van der Waals surface area contributed by atoms with Crippen molar-refractivity contribution < 1.29 is 4.79 Å². The topological polar surface area (TPSA) is 54.0 Å². The monoisotopic (exact) mass is 339 g/mol. The summed E-state index contributed by atoms with van der Waals surface area (Å²) in [4.78, 5) is 16.7. The molecule has 0 spiro atoms. The number of piperidine rings is 1. The average Bonchev–Trinajstić information content (AvgIpc) is 2.77. The number of aromatic nitrogens is 1. The summed E-state index contributed by atoms with van der Waals surface area (Å²) in [5, 5.41) is 9.38. The first-order chi connectivity index (χ1) is 8.51. The minimum Gasteiger partial charge on any atom is -0.346 e. The molecule has 1 fully saturated rings. The molecule has 1 aromatic rings. The minimum absolute atomic E-state index is 0. The standard InChI is InChI=1S/C13H21N3OS.2ClH/c1-9-8-18-11(15-9)10(2)16-12(17)13(3)6-4-5-7-14-13;;/h8,10,14H,4-7H2,1-3H3,(H,16,17);2*1H. The Labute approximate surface area is 137 Å². The number of aryl methyl sites for hydroxylation is 1. The highest BCUT2D eigenvalue weighted by molar-refractivity contribution is 7.09. The SMILES string of the molecule is Cc1csc(C(C)NC(=O)C2(C)CCCCN2)n1.Cl.Cl. The van der Waals surface area contributed by atoms with E-state index in [1.54, 1.807) is 11.3 Å². The fourth-order valence-corrected chi connectivity index (χ4v) is 3.04. The third-order valence-corrected chi connectivity index (χ3v) is 4.62. The van der Waals surface area contributed by atoms with Gasteiger partial charge in [0.25, 0.3) is 0 Å². The van der Waals surface area contributed by atoms with Crippen LogP contribution in [0.1, 0.15) is 49.9 Å². The van der Waals surface area contributed by atoms with Crippen LogP contribution in [0.25, 0.3) is 0 Å². The highest BCUT2D eigenvalue weighted by Gasteiger charge is 2.35. The third kappa shape index (κ3) is 4.58. The highest BCUT2D eigenvalue weighted by Crippen LogP contribution is 2.22. The fraction of sp³-hybridized carbons (Fsp3) is 0.692. The van der Waals surface area contributed by atoms with E-state index in [0.717, 1.165) is 36.5 Å². The minimum atomic E-state index is -0.418. The van der Waals surface area contributed by atoms with E-state index in [4.69, 9.17) is 0 Å². The third-order valence-electron chi connectivity index (χ3n) is 3.47. The van der Waals surface area contributed by atoms with Crippen molar-refractivity contribution in [3.63, 3.8) is 0 Å². The summed E-state index contributed by atoms with van der Waals surface area (Å²) >= 11 is 1.60. The van der Waals surface area contributed by atoms with Gasteiger partial charge in [0.15, 0.2) is 0 Å². The lowest BCUT2D eigenvalue weighted by molar-refractivity contribution is -0.128. The molecular formula is C13H23Cl2N3OS. The maximum absolute atomic E-state index is 12.3. The summed E-state index contributed by atoms with van der Waals surface area (Å²) in [6.45, 7) is 6.87. The smallest absolute Gasteiger partial charge is 0.240 e. The molecule has 2 rings (SSSR count). The lowest BCUT2D eigenvalue weighted by Crippen LogP contribution is -2.57. The molecule has 1 saturated heterocycles. The van der Waals surface area contributed by atoms with Gasteiger partial charge in [-0.2, -0.15) is 0 Å². The van der Waals surface area contributed by atoms with Gasteiger partial charge >= 0.3 is 0 Å².